The quantitative estimate of drug-likeness (QED) is 0.496. The van der Waals surface area contributed by atoms with Gasteiger partial charge in [-0.25, -0.2) is 0 Å². The van der Waals surface area contributed by atoms with E-state index in [9.17, 15) is 14.7 Å². The molecule has 2 aliphatic rings. The van der Waals surface area contributed by atoms with Crippen molar-refractivity contribution < 1.29 is 19.8 Å². The van der Waals surface area contributed by atoms with Gasteiger partial charge in [0.15, 0.2) is 0 Å². The van der Waals surface area contributed by atoms with Crippen LogP contribution in [-0.2, 0) is 4.79 Å². The molecule has 1 aromatic carbocycles. The Hall–Kier alpha value is -2.13. The SMILES string of the molecule is O=C(NCC(=O)N1CCC(O)CC1)c1cc2cc(Cl)ccc2[nH]1.OC1CCNCC1. The van der Waals surface area contributed by atoms with Crippen LogP contribution in [0.3, 0.4) is 0 Å². The zero-order chi connectivity index (χ0) is 21.5. The molecular weight excluding hydrogens is 408 g/mol. The fraction of sp³-hybridized carbons (Fsp3) is 0.524. The number of H-pyrrole nitrogens is 1. The van der Waals surface area contributed by atoms with Crippen LogP contribution in [0.1, 0.15) is 36.2 Å². The van der Waals surface area contributed by atoms with Gasteiger partial charge in [0.25, 0.3) is 5.91 Å². The molecule has 0 spiro atoms. The third-order valence-corrected chi connectivity index (χ3v) is 5.59. The maximum Gasteiger partial charge on any atom is 0.268 e. The van der Waals surface area contributed by atoms with E-state index in [2.05, 4.69) is 15.6 Å². The standard InChI is InChI=1S/C16H18ClN3O3.C5H11NO/c17-11-1-2-13-10(7-11)8-14(19-13)16(23)18-9-15(22)20-5-3-12(21)4-6-20;7-5-1-3-6-4-2-5/h1-2,7-8,12,19,21H,3-6,9H2,(H,18,23);5-7H,1-4H2. The molecule has 0 bridgehead atoms. The summed E-state index contributed by atoms with van der Waals surface area (Å²) in [5.74, 6) is -0.466. The molecule has 2 aromatic rings. The van der Waals surface area contributed by atoms with E-state index >= 15 is 0 Å². The molecule has 0 unspecified atom stereocenters. The predicted molar refractivity (Wildman–Crippen MR) is 116 cm³/mol. The number of aliphatic hydroxyl groups excluding tert-OH is 2. The molecule has 4 rings (SSSR count). The largest absolute Gasteiger partial charge is 0.393 e. The van der Waals surface area contributed by atoms with Crippen LogP contribution < -0.4 is 10.6 Å². The van der Waals surface area contributed by atoms with E-state index in [-0.39, 0.29) is 30.6 Å². The molecule has 30 heavy (non-hydrogen) atoms. The molecule has 9 heteroatoms. The van der Waals surface area contributed by atoms with Crippen LogP contribution in [0.15, 0.2) is 24.3 Å². The minimum Gasteiger partial charge on any atom is -0.393 e. The number of rotatable bonds is 3. The molecule has 3 heterocycles. The van der Waals surface area contributed by atoms with Crippen molar-refractivity contribution in [3.8, 4) is 0 Å². The summed E-state index contributed by atoms with van der Waals surface area (Å²) < 4.78 is 0. The number of hydrogen-bond acceptors (Lipinski definition) is 5. The van der Waals surface area contributed by atoms with Gasteiger partial charge in [0, 0.05) is 29.0 Å². The number of nitrogens with one attached hydrogen (secondary N) is 3. The van der Waals surface area contributed by atoms with Crippen molar-refractivity contribution in [1.29, 1.82) is 0 Å². The van der Waals surface area contributed by atoms with Gasteiger partial charge in [-0.2, -0.15) is 0 Å². The Balaban J connectivity index is 0.000000310. The third kappa shape index (κ3) is 6.43. The number of benzene rings is 1. The lowest BCUT2D eigenvalue weighted by Crippen LogP contribution is -2.45. The molecule has 2 saturated heterocycles. The smallest absolute Gasteiger partial charge is 0.268 e. The summed E-state index contributed by atoms with van der Waals surface area (Å²) in [5.41, 5.74) is 1.21. The molecule has 0 radical (unpaired) electrons. The van der Waals surface area contributed by atoms with Crippen molar-refractivity contribution in [1.82, 2.24) is 20.5 Å². The summed E-state index contributed by atoms with van der Waals surface area (Å²) in [6.45, 7) is 2.98. The van der Waals surface area contributed by atoms with Gasteiger partial charge >= 0.3 is 0 Å². The van der Waals surface area contributed by atoms with E-state index in [4.69, 9.17) is 16.7 Å². The molecule has 2 aliphatic heterocycles. The molecule has 0 atom stereocenters. The van der Waals surface area contributed by atoms with Gasteiger partial charge in [-0.05, 0) is 63.0 Å². The molecule has 1 aromatic heterocycles. The molecule has 164 valence electrons. The molecule has 2 amide bonds. The summed E-state index contributed by atoms with van der Waals surface area (Å²) in [6, 6.07) is 7.03. The van der Waals surface area contributed by atoms with Crippen LogP contribution in [0.2, 0.25) is 5.02 Å². The molecule has 2 fully saturated rings. The lowest BCUT2D eigenvalue weighted by molar-refractivity contribution is -0.132. The van der Waals surface area contributed by atoms with Crippen molar-refractivity contribution in [2.45, 2.75) is 37.9 Å². The average molecular weight is 437 g/mol. The van der Waals surface area contributed by atoms with Gasteiger partial charge in [-0.1, -0.05) is 11.6 Å². The highest BCUT2D eigenvalue weighted by Gasteiger charge is 2.21. The first-order valence-corrected chi connectivity index (χ1v) is 10.7. The maximum atomic E-state index is 12.2. The lowest BCUT2D eigenvalue weighted by atomic mass is 10.1. The van der Waals surface area contributed by atoms with Crippen molar-refractivity contribution in [3.05, 3.63) is 35.0 Å². The Morgan fingerprint density at radius 3 is 2.37 bits per heavy atom. The van der Waals surface area contributed by atoms with Crippen molar-refractivity contribution >= 4 is 34.3 Å². The number of carbonyl (C=O) groups excluding carboxylic acids is 2. The highest BCUT2D eigenvalue weighted by atomic mass is 35.5. The zero-order valence-electron chi connectivity index (χ0n) is 16.9. The number of nitrogens with zero attached hydrogens (tertiary/aromatic N) is 1. The number of hydrogen-bond donors (Lipinski definition) is 5. The van der Waals surface area contributed by atoms with Gasteiger partial charge < -0.3 is 30.7 Å². The van der Waals surface area contributed by atoms with E-state index in [1.165, 1.54) is 0 Å². The Morgan fingerprint density at radius 1 is 1.07 bits per heavy atom. The van der Waals surface area contributed by atoms with Crippen LogP contribution in [0, 0.1) is 0 Å². The summed E-state index contributed by atoms with van der Waals surface area (Å²) >= 11 is 5.92. The highest BCUT2D eigenvalue weighted by Crippen LogP contribution is 2.20. The minimum atomic E-state index is -0.331. The first-order valence-electron chi connectivity index (χ1n) is 10.3. The fourth-order valence-electron chi connectivity index (χ4n) is 3.51. The van der Waals surface area contributed by atoms with Crippen LogP contribution in [0.4, 0.5) is 0 Å². The normalized spacial score (nSPS) is 18.0. The van der Waals surface area contributed by atoms with E-state index in [1.54, 1.807) is 29.2 Å². The lowest BCUT2D eigenvalue weighted by Gasteiger charge is -2.29. The molecule has 0 aliphatic carbocycles. The number of aromatic amines is 1. The Morgan fingerprint density at radius 2 is 1.73 bits per heavy atom. The second-order valence-electron chi connectivity index (χ2n) is 7.69. The first kappa shape index (κ1) is 22.6. The van der Waals surface area contributed by atoms with Gasteiger partial charge in [0.1, 0.15) is 5.69 Å². The predicted octanol–water partition coefficient (Wildman–Crippen LogP) is 1.27. The van der Waals surface area contributed by atoms with Gasteiger partial charge in [-0.15, -0.1) is 0 Å². The fourth-order valence-corrected chi connectivity index (χ4v) is 3.69. The number of likely N-dealkylation sites (tertiary alicyclic amines) is 1. The van der Waals surface area contributed by atoms with Crippen LogP contribution in [-0.4, -0.2) is 76.8 Å². The van der Waals surface area contributed by atoms with E-state index < -0.39 is 0 Å². The Kier molecular flexibility index (Phi) is 8.09. The van der Waals surface area contributed by atoms with Crippen LogP contribution in [0.25, 0.3) is 10.9 Å². The Labute approximate surface area is 180 Å². The molecule has 5 N–H and O–H groups in total. The first-order chi connectivity index (χ1) is 14.4. The summed E-state index contributed by atoms with van der Waals surface area (Å²) in [7, 11) is 0. The average Bonchev–Trinajstić information content (AvgIpc) is 3.16. The second-order valence-corrected chi connectivity index (χ2v) is 8.13. The second kappa shape index (κ2) is 10.8. The van der Waals surface area contributed by atoms with E-state index in [1.807, 2.05) is 0 Å². The number of aliphatic hydroxyl groups is 2. The van der Waals surface area contributed by atoms with E-state index in [0.717, 1.165) is 36.8 Å². The molecule has 0 saturated carbocycles. The van der Waals surface area contributed by atoms with Crippen LogP contribution in [0.5, 0.6) is 0 Å². The van der Waals surface area contributed by atoms with Crippen molar-refractivity contribution in [2.24, 2.45) is 0 Å². The van der Waals surface area contributed by atoms with E-state index in [0.29, 0.717) is 36.6 Å². The topological polar surface area (TPSA) is 118 Å². The van der Waals surface area contributed by atoms with Crippen LogP contribution >= 0.6 is 11.6 Å². The molecular formula is C21H29ClN4O4. The van der Waals surface area contributed by atoms with Gasteiger partial charge in [-0.3, -0.25) is 9.59 Å². The number of aromatic nitrogens is 1. The number of amides is 2. The number of piperidine rings is 2. The van der Waals surface area contributed by atoms with Gasteiger partial charge in [0.2, 0.25) is 5.91 Å². The zero-order valence-corrected chi connectivity index (χ0v) is 17.6. The van der Waals surface area contributed by atoms with Crippen molar-refractivity contribution in [3.63, 3.8) is 0 Å². The number of fused-ring (bicyclic) bond motifs is 1. The minimum absolute atomic E-state index is 0.0266. The number of carbonyl (C=O) groups is 2. The third-order valence-electron chi connectivity index (χ3n) is 5.35. The highest BCUT2D eigenvalue weighted by molar-refractivity contribution is 6.31. The summed E-state index contributed by atoms with van der Waals surface area (Å²) in [6.07, 6.45) is 2.68. The maximum absolute atomic E-state index is 12.2. The van der Waals surface area contributed by atoms with Crippen molar-refractivity contribution in [2.75, 3.05) is 32.7 Å². The summed E-state index contributed by atoms with van der Waals surface area (Å²) in [5, 5.41) is 25.5. The monoisotopic (exact) mass is 436 g/mol. The number of halogens is 1. The molecule has 8 nitrogen and oxygen atoms in total. The Bertz CT molecular complexity index is 858. The summed E-state index contributed by atoms with van der Waals surface area (Å²) in [4.78, 5) is 28.9. The van der Waals surface area contributed by atoms with Gasteiger partial charge in [0.05, 0.1) is 18.8 Å².